The first-order valence-corrected chi connectivity index (χ1v) is 19.7. The Morgan fingerprint density at radius 2 is 1.54 bits per heavy atom. The van der Waals surface area contributed by atoms with Gasteiger partial charge in [-0.25, -0.2) is 4.39 Å². The molecule has 0 radical (unpaired) electrons. The first-order valence-electron chi connectivity index (χ1n) is 19.1. The van der Waals surface area contributed by atoms with E-state index in [9.17, 15) is 33.2 Å². The molecule has 0 saturated carbocycles. The second kappa shape index (κ2) is 20.6. The second-order valence-corrected chi connectivity index (χ2v) is 14.6. The van der Waals surface area contributed by atoms with Gasteiger partial charge in [-0.3, -0.25) is 28.8 Å². The molecule has 0 aromatic heterocycles. The van der Waals surface area contributed by atoms with Crippen LogP contribution in [0.25, 0.3) is 5.57 Å². The Morgan fingerprint density at radius 3 is 2.26 bits per heavy atom. The van der Waals surface area contributed by atoms with Gasteiger partial charge in [0.2, 0.25) is 29.5 Å². The van der Waals surface area contributed by atoms with E-state index in [4.69, 9.17) is 16.3 Å². The maximum Gasteiger partial charge on any atom is 0.305 e. The fraction of sp³-hybridized carbons (Fsp3) is 0.395. The summed E-state index contributed by atoms with van der Waals surface area (Å²) in [5.41, 5.74) is 5.40. The van der Waals surface area contributed by atoms with E-state index in [2.05, 4.69) is 21.3 Å². The number of aryl methyl sites for hydroxylation is 1. The summed E-state index contributed by atoms with van der Waals surface area (Å²) in [4.78, 5) is 82.1. The van der Waals surface area contributed by atoms with Crippen molar-refractivity contribution in [1.29, 1.82) is 0 Å². The Kier molecular flexibility index (Phi) is 15.4. The molecule has 5 amide bonds. The van der Waals surface area contributed by atoms with Gasteiger partial charge in [-0.05, 0) is 79.0 Å². The maximum atomic E-state index is 14.4. The predicted molar refractivity (Wildman–Crippen MR) is 213 cm³/mol. The number of allylic oxidation sites excluding steroid dienone is 1. The number of amides is 5. The van der Waals surface area contributed by atoms with Gasteiger partial charge in [-0.2, -0.15) is 0 Å². The topological polar surface area (TPSA) is 163 Å². The molecule has 0 spiro atoms. The smallest absolute Gasteiger partial charge is 0.305 e. The third-order valence-electron chi connectivity index (χ3n) is 10.3. The van der Waals surface area contributed by atoms with Crippen molar-refractivity contribution in [2.24, 2.45) is 0 Å². The van der Waals surface area contributed by atoms with Crippen LogP contribution in [0.1, 0.15) is 66.3 Å². The number of piperidine rings is 1. The molecule has 1 heterocycles. The normalized spacial score (nSPS) is 16.2. The van der Waals surface area contributed by atoms with Crippen LogP contribution in [0.4, 0.5) is 4.39 Å². The van der Waals surface area contributed by atoms with Gasteiger partial charge in [0, 0.05) is 32.4 Å². The number of rotatable bonds is 17. The molecular weight excluding hydrogens is 753 g/mol. The summed E-state index contributed by atoms with van der Waals surface area (Å²) in [5.74, 6) is -4.26. The molecule has 1 aliphatic carbocycles. The average Bonchev–Trinajstić information content (AvgIpc) is 3.64. The largest absolute Gasteiger partial charge is 0.469 e. The highest BCUT2D eigenvalue weighted by molar-refractivity contribution is 6.27. The van der Waals surface area contributed by atoms with Crippen molar-refractivity contribution in [3.63, 3.8) is 0 Å². The van der Waals surface area contributed by atoms with Crippen molar-refractivity contribution in [2.45, 2.75) is 89.0 Å². The van der Waals surface area contributed by atoms with Gasteiger partial charge < -0.3 is 30.9 Å². The summed E-state index contributed by atoms with van der Waals surface area (Å²) in [6, 6.07) is 16.7. The molecule has 4 N–H and O–H groups in total. The van der Waals surface area contributed by atoms with Crippen molar-refractivity contribution in [1.82, 2.24) is 26.2 Å². The predicted octanol–water partition coefficient (Wildman–Crippen LogP) is 4.05. The Balaban J connectivity index is 1.39. The highest BCUT2D eigenvalue weighted by Crippen LogP contribution is 2.31. The molecular formula is C43H49ClFN5O7. The number of benzene rings is 3. The monoisotopic (exact) mass is 801 g/mol. The van der Waals surface area contributed by atoms with E-state index < -0.39 is 71.4 Å². The first kappa shape index (κ1) is 42.6. The molecule has 12 nitrogen and oxygen atoms in total. The van der Waals surface area contributed by atoms with Crippen LogP contribution in [0.15, 0.2) is 78.9 Å². The van der Waals surface area contributed by atoms with Crippen molar-refractivity contribution >= 4 is 52.7 Å². The molecule has 1 aliphatic heterocycles. The fourth-order valence-corrected chi connectivity index (χ4v) is 7.20. The quantitative estimate of drug-likeness (QED) is 0.118. The maximum absolute atomic E-state index is 14.4. The Bertz CT molecular complexity index is 1960. The van der Waals surface area contributed by atoms with E-state index in [1.54, 1.807) is 12.1 Å². The van der Waals surface area contributed by atoms with E-state index in [0.29, 0.717) is 31.2 Å². The zero-order valence-corrected chi connectivity index (χ0v) is 32.9. The number of alkyl halides is 1. The Morgan fingerprint density at radius 1 is 0.842 bits per heavy atom. The lowest BCUT2D eigenvalue weighted by Crippen LogP contribution is -2.60. The molecule has 0 bridgehead atoms. The number of hydrogen-bond acceptors (Lipinski definition) is 7. The minimum Gasteiger partial charge on any atom is -0.469 e. The highest BCUT2D eigenvalue weighted by atomic mass is 35.5. The van der Waals surface area contributed by atoms with Crippen LogP contribution >= 0.6 is 11.6 Å². The van der Waals surface area contributed by atoms with Gasteiger partial charge in [-0.1, -0.05) is 72.3 Å². The van der Waals surface area contributed by atoms with Crippen LogP contribution < -0.4 is 21.3 Å². The third kappa shape index (κ3) is 12.0. The molecule has 1 fully saturated rings. The molecule has 2 aliphatic rings. The van der Waals surface area contributed by atoms with E-state index >= 15 is 0 Å². The van der Waals surface area contributed by atoms with Crippen molar-refractivity contribution in [2.75, 3.05) is 19.5 Å². The third-order valence-corrected chi connectivity index (χ3v) is 10.5. The van der Waals surface area contributed by atoms with Crippen LogP contribution in [0, 0.1) is 12.7 Å². The molecule has 14 heteroatoms. The first-order chi connectivity index (χ1) is 27.4. The zero-order chi connectivity index (χ0) is 40.9. The molecule has 0 unspecified atom stereocenters. The van der Waals surface area contributed by atoms with E-state index in [1.807, 2.05) is 61.5 Å². The lowest BCUT2D eigenvalue weighted by atomic mass is 9.96. The van der Waals surface area contributed by atoms with E-state index in [1.165, 1.54) is 24.1 Å². The van der Waals surface area contributed by atoms with Crippen LogP contribution in [0.5, 0.6) is 0 Å². The van der Waals surface area contributed by atoms with Crippen molar-refractivity contribution in [3.8, 4) is 0 Å². The minimum atomic E-state index is -1.17. The fourth-order valence-electron chi connectivity index (χ4n) is 7.12. The summed E-state index contributed by atoms with van der Waals surface area (Å²) in [5, 5.41) is 11.3. The SMILES string of the molecule is COC(=O)CC[C@@H](NC(=O)CCl)C(=O)N1CCCC[C@H]1C(=O)N[C@@H](CC1=CCc2ccccc21)C(=O)N[C@@H](Cc1ccc(F)cc1)C(=O)NCc1ccc(C)cc1. The van der Waals surface area contributed by atoms with Crippen LogP contribution in [0.3, 0.4) is 0 Å². The van der Waals surface area contributed by atoms with Gasteiger partial charge in [0.15, 0.2) is 0 Å². The number of carbonyl (C=O) groups excluding carboxylic acids is 6. The number of ether oxygens (including phenoxy) is 1. The standard InChI is InChI=1S/C43H49ClFN5O7/c1-27-10-12-29(13-11-27)26-46-40(53)35(23-28-14-18-32(45)19-15-28)48-41(54)36(24-31-17-16-30-7-3-4-8-33(30)31)49-42(55)37-9-5-6-22-50(37)43(56)34(47-38(51)25-44)20-21-39(52)57-2/h3-4,7-8,10-15,17-19,34-37H,5-6,9,16,20-26H2,1-2H3,(H,46,53)(H,47,51)(H,48,54)(H,49,55)/t34-,35+,36+,37+/m1/s1. The van der Waals surface area contributed by atoms with E-state index in [0.717, 1.165) is 27.8 Å². The molecule has 3 aromatic carbocycles. The number of carbonyl (C=O) groups is 6. The molecule has 4 atom stereocenters. The van der Waals surface area contributed by atoms with Crippen LogP contribution in [0.2, 0.25) is 0 Å². The van der Waals surface area contributed by atoms with Gasteiger partial charge in [-0.15, -0.1) is 11.6 Å². The lowest BCUT2D eigenvalue weighted by molar-refractivity contribution is -0.146. The number of fused-ring (bicyclic) bond motifs is 1. The summed E-state index contributed by atoms with van der Waals surface area (Å²) in [6.45, 7) is 2.37. The lowest BCUT2D eigenvalue weighted by Gasteiger charge is -2.37. The Labute approximate surface area is 336 Å². The molecule has 302 valence electrons. The number of halogens is 2. The summed E-state index contributed by atoms with van der Waals surface area (Å²) < 4.78 is 18.6. The number of methoxy groups -OCH3 is 1. The molecule has 1 saturated heterocycles. The summed E-state index contributed by atoms with van der Waals surface area (Å²) in [7, 11) is 1.22. The minimum absolute atomic E-state index is 0.0455. The van der Waals surface area contributed by atoms with Crippen molar-refractivity contribution in [3.05, 3.63) is 113 Å². The number of nitrogens with one attached hydrogen (secondary N) is 4. The van der Waals surface area contributed by atoms with Gasteiger partial charge >= 0.3 is 5.97 Å². The zero-order valence-electron chi connectivity index (χ0n) is 32.2. The van der Waals surface area contributed by atoms with Crippen molar-refractivity contribution < 1.29 is 37.9 Å². The molecule has 3 aromatic rings. The van der Waals surface area contributed by atoms with E-state index in [-0.39, 0.29) is 38.8 Å². The second-order valence-electron chi connectivity index (χ2n) is 14.4. The summed E-state index contributed by atoms with van der Waals surface area (Å²) in [6.07, 6.45) is 4.07. The van der Waals surface area contributed by atoms with Crippen LogP contribution in [-0.4, -0.2) is 84.1 Å². The highest BCUT2D eigenvalue weighted by Gasteiger charge is 2.38. The number of esters is 1. The number of nitrogens with zero attached hydrogens (tertiary/aromatic N) is 1. The van der Waals surface area contributed by atoms with Gasteiger partial charge in [0.1, 0.15) is 35.9 Å². The van der Waals surface area contributed by atoms with Gasteiger partial charge in [0.25, 0.3) is 0 Å². The molecule has 57 heavy (non-hydrogen) atoms. The summed E-state index contributed by atoms with van der Waals surface area (Å²) >= 11 is 5.73. The Hall–Kier alpha value is -5.56. The van der Waals surface area contributed by atoms with Gasteiger partial charge in [0.05, 0.1) is 7.11 Å². The number of hydrogen-bond donors (Lipinski definition) is 4. The number of likely N-dealkylation sites (tertiary alicyclic amines) is 1. The van der Waals surface area contributed by atoms with Crippen LogP contribution in [-0.2, 0) is 52.9 Å². The molecule has 5 rings (SSSR count). The average molecular weight is 802 g/mol.